The zero-order valence-electron chi connectivity index (χ0n) is 10.8. The Morgan fingerprint density at radius 2 is 1.95 bits per heavy atom. The van der Waals surface area contributed by atoms with Crippen molar-refractivity contribution in [2.45, 2.75) is 13.8 Å². The zero-order valence-corrected chi connectivity index (χ0v) is 11.6. The Hall–Kier alpha value is -1.62. The number of carbonyl (C=O) groups is 1. The van der Waals surface area contributed by atoms with E-state index in [1.54, 1.807) is 4.90 Å². The van der Waals surface area contributed by atoms with Gasteiger partial charge in [-0.05, 0) is 24.0 Å². The predicted octanol–water partition coefficient (Wildman–Crippen LogP) is 2.98. The molecule has 2 atom stereocenters. The Morgan fingerprint density at radius 3 is 2.47 bits per heavy atom. The van der Waals surface area contributed by atoms with Crippen molar-refractivity contribution in [3.8, 4) is 0 Å². The SMILES string of the molecule is CC1CN(C(=O)c2ccc(Cl)c([N+](=O)[O-])c2)CC1C. The van der Waals surface area contributed by atoms with E-state index in [0.29, 0.717) is 30.5 Å². The molecule has 1 amide bonds. The van der Waals surface area contributed by atoms with Gasteiger partial charge in [0.25, 0.3) is 11.6 Å². The van der Waals surface area contributed by atoms with Crippen LogP contribution in [0.1, 0.15) is 24.2 Å². The van der Waals surface area contributed by atoms with Crippen LogP contribution in [0.5, 0.6) is 0 Å². The van der Waals surface area contributed by atoms with Crippen molar-refractivity contribution in [1.29, 1.82) is 0 Å². The number of halogens is 1. The minimum atomic E-state index is -0.575. The van der Waals surface area contributed by atoms with Crippen LogP contribution >= 0.6 is 11.6 Å². The lowest BCUT2D eigenvalue weighted by Gasteiger charge is -2.16. The lowest BCUT2D eigenvalue weighted by molar-refractivity contribution is -0.384. The molecule has 1 aromatic rings. The Balaban J connectivity index is 2.25. The van der Waals surface area contributed by atoms with Crippen LogP contribution in [0.15, 0.2) is 18.2 Å². The Morgan fingerprint density at radius 1 is 1.37 bits per heavy atom. The quantitative estimate of drug-likeness (QED) is 0.619. The minimum Gasteiger partial charge on any atom is -0.338 e. The number of carbonyl (C=O) groups excluding carboxylic acids is 1. The molecule has 0 N–H and O–H groups in total. The molecule has 1 heterocycles. The van der Waals surface area contributed by atoms with E-state index in [0.717, 1.165) is 0 Å². The summed E-state index contributed by atoms with van der Waals surface area (Å²) in [6, 6.07) is 4.18. The van der Waals surface area contributed by atoms with Crippen LogP contribution in [0.3, 0.4) is 0 Å². The largest absolute Gasteiger partial charge is 0.338 e. The van der Waals surface area contributed by atoms with E-state index in [1.807, 2.05) is 0 Å². The maximum atomic E-state index is 12.3. The third-order valence-corrected chi connectivity index (χ3v) is 3.98. The number of likely N-dealkylation sites (tertiary alicyclic amines) is 1. The number of nitro groups is 1. The van der Waals surface area contributed by atoms with E-state index in [-0.39, 0.29) is 16.6 Å². The summed E-state index contributed by atoms with van der Waals surface area (Å²) in [5.74, 6) is 0.730. The number of amides is 1. The van der Waals surface area contributed by atoms with Crippen molar-refractivity contribution >= 4 is 23.2 Å². The molecule has 1 aromatic carbocycles. The van der Waals surface area contributed by atoms with E-state index in [4.69, 9.17) is 11.6 Å². The van der Waals surface area contributed by atoms with Gasteiger partial charge in [0.2, 0.25) is 0 Å². The van der Waals surface area contributed by atoms with Crippen LogP contribution in [0.25, 0.3) is 0 Å². The monoisotopic (exact) mass is 282 g/mol. The number of rotatable bonds is 2. The topological polar surface area (TPSA) is 63.5 Å². The van der Waals surface area contributed by atoms with Crippen LogP contribution in [0, 0.1) is 22.0 Å². The normalized spacial score (nSPS) is 22.6. The Bertz CT molecular complexity index is 523. The van der Waals surface area contributed by atoms with Gasteiger partial charge in [-0.25, -0.2) is 0 Å². The summed E-state index contributed by atoms with van der Waals surface area (Å²) >= 11 is 5.74. The van der Waals surface area contributed by atoms with Crippen molar-refractivity contribution < 1.29 is 9.72 Å². The van der Waals surface area contributed by atoms with E-state index in [9.17, 15) is 14.9 Å². The average molecular weight is 283 g/mol. The summed E-state index contributed by atoms with van der Waals surface area (Å²) in [5.41, 5.74) is 0.0882. The van der Waals surface area contributed by atoms with E-state index in [2.05, 4.69) is 13.8 Å². The molecule has 19 heavy (non-hydrogen) atoms. The van der Waals surface area contributed by atoms with Gasteiger partial charge in [0.05, 0.1) is 4.92 Å². The van der Waals surface area contributed by atoms with E-state index < -0.39 is 4.92 Å². The molecule has 1 aliphatic heterocycles. The second-order valence-electron chi connectivity index (χ2n) is 5.09. The minimum absolute atomic E-state index is 0.0460. The molecule has 2 rings (SSSR count). The molecule has 102 valence electrons. The fraction of sp³-hybridized carbons (Fsp3) is 0.462. The summed E-state index contributed by atoms with van der Waals surface area (Å²) in [7, 11) is 0. The number of hydrogen-bond donors (Lipinski definition) is 0. The molecule has 5 nitrogen and oxygen atoms in total. The second kappa shape index (κ2) is 5.17. The number of nitrogens with zero attached hydrogens (tertiary/aromatic N) is 2. The lowest BCUT2D eigenvalue weighted by Crippen LogP contribution is -2.28. The first kappa shape index (κ1) is 13.8. The van der Waals surface area contributed by atoms with Crippen LogP contribution in [0.2, 0.25) is 5.02 Å². The summed E-state index contributed by atoms with van der Waals surface area (Å²) in [6.45, 7) is 5.58. The van der Waals surface area contributed by atoms with Crippen molar-refractivity contribution in [2.24, 2.45) is 11.8 Å². The van der Waals surface area contributed by atoms with Crippen molar-refractivity contribution in [3.63, 3.8) is 0 Å². The van der Waals surface area contributed by atoms with Gasteiger partial charge < -0.3 is 4.90 Å². The molecule has 0 spiro atoms. The fourth-order valence-corrected chi connectivity index (χ4v) is 2.45. The van der Waals surface area contributed by atoms with Crippen LogP contribution in [0.4, 0.5) is 5.69 Å². The third kappa shape index (κ3) is 2.71. The first-order valence-electron chi connectivity index (χ1n) is 6.13. The highest BCUT2D eigenvalue weighted by molar-refractivity contribution is 6.32. The second-order valence-corrected chi connectivity index (χ2v) is 5.50. The fourth-order valence-electron chi connectivity index (χ4n) is 2.26. The van der Waals surface area contributed by atoms with E-state index in [1.165, 1.54) is 18.2 Å². The van der Waals surface area contributed by atoms with Gasteiger partial charge >= 0.3 is 0 Å². The summed E-state index contributed by atoms with van der Waals surface area (Å²) < 4.78 is 0. The van der Waals surface area contributed by atoms with Gasteiger partial charge in [-0.1, -0.05) is 25.4 Å². The zero-order chi connectivity index (χ0) is 14.2. The molecule has 2 unspecified atom stereocenters. The average Bonchev–Trinajstić information content (AvgIpc) is 2.69. The maximum Gasteiger partial charge on any atom is 0.288 e. The number of benzene rings is 1. The standard InChI is InChI=1S/C13H15ClN2O3/c1-8-6-15(7-9(8)2)13(17)10-3-4-11(14)12(5-10)16(18)19/h3-5,8-9H,6-7H2,1-2H3. The highest BCUT2D eigenvalue weighted by atomic mass is 35.5. The lowest BCUT2D eigenvalue weighted by atomic mass is 10.0. The third-order valence-electron chi connectivity index (χ3n) is 3.67. The summed E-state index contributed by atoms with van der Waals surface area (Å²) in [6.07, 6.45) is 0. The van der Waals surface area contributed by atoms with Gasteiger partial charge in [-0.3, -0.25) is 14.9 Å². The molecule has 1 aliphatic rings. The highest BCUT2D eigenvalue weighted by Gasteiger charge is 2.30. The Labute approximate surface area is 116 Å². The molecule has 0 radical (unpaired) electrons. The predicted molar refractivity (Wildman–Crippen MR) is 72.3 cm³/mol. The molecule has 0 saturated carbocycles. The van der Waals surface area contributed by atoms with Gasteiger partial charge in [0, 0.05) is 24.7 Å². The molecular weight excluding hydrogens is 268 g/mol. The van der Waals surface area contributed by atoms with Crippen LogP contribution < -0.4 is 0 Å². The summed E-state index contributed by atoms with van der Waals surface area (Å²) in [5, 5.41) is 10.9. The van der Waals surface area contributed by atoms with Crippen LogP contribution in [-0.4, -0.2) is 28.8 Å². The number of hydrogen-bond acceptors (Lipinski definition) is 3. The highest BCUT2D eigenvalue weighted by Crippen LogP contribution is 2.28. The first-order chi connectivity index (χ1) is 8.90. The van der Waals surface area contributed by atoms with Crippen LogP contribution in [-0.2, 0) is 0 Å². The van der Waals surface area contributed by atoms with Gasteiger partial charge in [-0.15, -0.1) is 0 Å². The van der Waals surface area contributed by atoms with Crippen molar-refractivity contribution in [2.75, 3.05) is 13.1 Å². The molecule has 6 heteroatoms. The maximum absolute atomic E-state index is 12.3. The molecule has 0 aliphatic carbocycles. The van der Waals surface area contributed by atoms with Gasteiger partial charge in [0.15, 0.2) is 0 Å². The first-order valence-corrected chi connectivity index (χ1v) is 6.51. The summed E-state index contributed by atoms with van der Waals surface area (Å²) in [4.78, 5) is 24.3. The molecule has 1 fully saturated rings. The van der Waals surface area contributed by atoms with Gasteiger partial charge in [0.1, 0.15) is 5.02 Å². The van der Waals surface area contributed by atoms with Gasteiger partial charge in [-0.2, -0.15) is 0 Å². The smallest absolute Gasteiger partial charge is 0.288 e. The Kier molecular flexibility index (Phi) is 3.75. The van der Waals surface area contributed by atoms with Crippen molar-refractivity contribution in [3.05, 3.63) is 38.9 Å². The molecular formula is C13H15ClN2O3. The number of nitro benzene ring substituents is 1. The molecule has 0 aromatic heterocycles. The van der Waals surface area contributed by atoms with E-state index >= 15 is 0 Å². The molecule has 0 bridgehead atoms. The van der Waals surface area contributed by atoms with Crippen molar-refractivity contribution in [1.82, 2.24) is 4.90 Å². The molecule has 1 saturated heterocycles.